The van der Waals surface area contributed by atoms with Crippen molar-refractivity contribution in [2.45, 2.75) is 26.9 Å². The van der Waals surface area contributed by atoms with E-state index in [1.165, 1.54) is 0 Å². The van der Waals surface area contributed by atoms with Crippen LogP contribution in [0.3, 0.4) is 0 Å². The van der Waals surface area contributed by atoms with Crippen molar-refractivity contribution in [3.63, 3.8) is 0 Å². The van der Waals surface area contributed by atoms with Gasteiger partial charge in [0.1, 0.15) is 5.69 Å². The third kappa shape index (κ3) is 5.37. The van der Waals surface area contributed by atoms with Crippen LogP contribution >= 0.6 is 0 Å². The Kier molecular flexibility index (Phi) is 7.38. The van der Waals surface area contributed by atoms with Gasteiger partial charge in [-0.25, -0.2) is 0 Å². The summed E-state index contributed by atoms with van der Waals surface area (Å²) in [4.78, 5) is 18.9. The summed E-state index contributed by atoms with van der Waals surface area (Å²) in [7, 11) is 0. The van der Waals surface area contributed by atoms with Crippen LogP contribution in [0.4, 0.5) is 0 Å². The predicted octanol–water partition coefficient (Wildman–Crippen LogP) is 2.59. The average molecular weight is 525 g/mol. The van der Waals surface area contributed by atoms with Crippen LogP contribution in [0.2, 0.25) is 0 Å². The molecule has 3 aromatic heterocycles. The van der Waals surface area contributed by atoms with Crippen molar-refractivity contribution < 1.29 is 14.3 Å². The van der Waals surface area contributed by atoms with Crippen LogP contribution in [-0.2, 0) is 17.9 Å². The molecule has 2 aromatic carbocycles. The van der Waals surface area contributed by atoms with Crippen LogP contribution in [0.25, 0.3) is 33.4 Å². The maximum Gasteiger partial charge on any atom is 0.296 e. The first-order valence-corrected chi connectivity index (χ1v) is 13.0. The Morgan fingerprint density at radius 2 is 1.79 bits per heavy atom. The lowest BCUT2D eigenvalue weighted by Crippen LogP contribution is -2.42. The number of aliphatic hydroxyl groups excluding tert-OH is 1. The van der Waals surface area contributed by atoms with Crippen LogP contribution in [-0.4, -0.2) is 50.4 Å². The van der Waals surface area contributed by atoms with E-state index >= 15 is 0 Å². The summed E-state index contributed by atoms with van der Waals surface area (Å²) < 4.78 is 3.90. The molecular formula is C30H34N7O2+. The summed E-state index contributed by atoms with van der Waals surface area (Å²) in [5.74, 6) is 0.572. The number of rotatable bonds is 9. The number of benzene rings is 2. The van der Waals surface area contributed by atoms with Gasteiger partial charge >= 0.3 is 0 Å². The second kappa shape index (κ2) is 10.9. The Morgan fingerprint density at radius 1 is 1.05 bits per heavy atom. The molecule has 5 N–H and O–H groups in total. The van der Waals surface area contributed by atoms with Crippen molar-refractivity contribution >= 4 is 22.5 Å². The van der Waals surface area contributed by atoms with Crippen LogP contribution in [0.5, 0.6) is 0 Å². The Morgan fingerprint density at radius 3 is 2.46 bits per heavy atom. The van der Waals surface area contributed by atoms with Crippen molar-refractivity contribution in [2.75, 3.05) is 19.7 Å². The van der Waals surface area contributed by atoms with Crippen molar-refractivity contribution in [2.24, 2.45) is 16.9 Å². The molecule has 0 saturated carbocycles. The molecule has 0 radical (unpaired) electrons. The summed E-state index contributed by atoms with van der Waals surface area (Å²) in [6.45, 7) is 4.82. The maximum atomic E-state index is 12.5. The Bertz CT molecular complexity index is 1610. The molecule has 200 valence electrons. The molecule has 0 spiro atoms. The standard InChI is InChI=1S/C30H34N7O2/c1-30(2,20-38)19-35(28(39)16-32)18-21-8-10-24(11-9-21)37-29-25-14-23(22-6-4-3-5-7-22)17-33-26(25)12-13-36(29)27(15-31)34-37/h3-14,17,38H,15-16,18-20,31-32H2,1-2H3/q+1. The maximum absolute atomic E-state index is 12.5. The number of carbonyl (C=O) groups is 1. The van der Waals surface area contributed by atoms with E-state index in [2.05, 4.69) is 18.2 Å². The fraction of sp³-hybridized carbons (Fsp3) is 0.267. The molecule has 0 unspecified atom stereocenters. The minimum absolute atomic E-state index is 0.0252. The third-order valence-corrected chi connectivity index (χ3v) is 6.88. The van der Waals surface area contributed by atoms with Gasteiger partial charge in [-0.05, 0) is 35.4 Å². The zero-order valence-corrected chi connectivity index (χ0v) is 22.3. The number of fused-ring (bicyclic) bond motifs is 3. The highest BCUT2D eigenvalue weighted by Crippen LogP contribution is 2.26. The molecule has 0 saturated heterocycles. The van der Waals surface area contributed by atoms with Gasteiger partial charge in [-0.15, -0.1) is 0 Å². The van der Waals surface area contributed by atoms with Gasteiger partial charge in [0.05, 0.1) is 30.2 Å². The van der Waals surface area contributed by atoms with E-state index in [0.717, 1.165) is 44.8 Å². The lowest BCUT2D eigenvalue weighted by molar-refractivity contribution is -0.521. The Labute approximate surface area is 227 Å². The van der Waals surface area contributed by atoms with Crippen LogP contribution in [0.15, 0.2) is 79.1 Å². The molecule has 39 heavy (non-hydrogen) atoms. The zero-order valence-electron chi connectivity index (χ0n) is 22.3. The predicted molar refractivity (Wildman–Crippen MR) is 151 cm³/mol. The van der Waals surface area contributed by atoms with Crippen LogP contribution in [0.1, 0.15) is 25.2 Å². The van der Waals surface area contributed by atoms with E-state index in [-0.39, 0.29) is 25.6 Å². The van der Waals surface area contributed by atoms with Gasteiger partial charge in [-0.1, -0.05) is 61.0 Å². The second-order valence-electron chi connectivity index (χ2n) is 10.5. The molecular weight excluding hydrogens is 490 g/mol. The van der Waals surface area contributed by atoms with Gasteiger partial charge in [0.25, 0.3) is 11.5 Å². The molecule has 0 aliphatic carbocycles. The molecule has 5 aromatic rings. The molecule has 0 fully saturated rings. The number of carbonyl (C=O) groups excluding carboxylic acids is 1. The topological polar surface area (TPSA) is 127 Å². The number of hydrogen-bond donors (Lipinski definition) is 3. The number of pyridine rings is 2. The summed E-state index contributed by atoms with van der Waals surface area (Å²) in [6.07, 6.45) is 3.84. The Balaban J connectivity index is 1.55. The Hall–Kier alpha value is -4.18. The smallest absolute Gasteiger partial charge is 0.296 e. The van der Waals surface area contributed by atoms with Gasteiger partial charge in [0.15, 0.2) is 0 Å². The molecule has 3 heterocycles. The number of aromatic nitrogens is 4. The van der Waals surface area contributed by atoms with Crippen LogP contribution in [0, 0.1) is 5.41 Å². The minimum atomic E-state index is -0.428. The van der Waals surface area contributed by atoms with Crippen molar-refractivity contribution in [1.82, 2.24) is 19.7 Å². The van der Waals surface area contributed by atoms with Gasteiger partial charge in [-0.2, -0.15) is 4.40 Å². The van der Waals surface area contributed by atoms with Gasteiger partial charge in [0.2, 0.25) is 5.91 Å². The fourth-order valence-electron chi connectivity index (χ4n) is 4.77. The monoisotopic (exact) mass is 524 g/mol. The second-order valence-corrected chi connectivity index (χ2v) is 10.5. The first-order valence-electron chi connectivity index (χ1n) is 13.0. The molecule has 1 amide bonds. The van der Waals surface area contributed by atoms with E-state index in [4.69, 9.17) is 21.5 Å². The summed E-state index contributed by atoms with van der Waals surface area (Å²) in [6, 6.07) is 22.2. The fourth-order valence-corrected chi connectivity index (χ4v) is 4.77. The molecule has 0 aliphatic rings. The molecule has 5 rings (SSSR count). The van der Waals surface area contributed by atoms with Crippen LogP contribution < -0.4 is 15.9 Å². The zero-order chi connectivity index (χ0) is 27.6. The first kappa shape index (κ1) is 26.4. The highest BCUT2D eigenvalue weighted by molar-refractivity contribution is 5.92. The molecule has 0 bridgehead atoms. The van der Waals surface area contributed by atoms with E-state index in [1.54, 1.807) is 4.90 Å². The molecule has 0 aliphatic heterocycles. The highest BCUT2D eigenvalue weighted by atomic mass is 16.3. The van der Waals surface area contributed by atoms with Crippen molar-refractivity contribution in [3.05, 3.63) is 90.5 Å². The quantitative estimate of drug-likeness (QED) is 0.254. The van der Waals surface area contributed by atoms with E-state index in [0.29, 0.717) is 13.1 Å². The van der Waals surface area contributed by atoms with Crippen molar-refractivity contribution in [3.8, 4) is 16.8 Å². The van der Waals surface area contributed by atoms with E-state index in [9.17, 15) is 9.90 Å². The average Bonchev–Trinajstić information content (AvgIpc) is 3.36. The third-order valence-electron chi connectivity index (χ3n) is 6.88. The summed E-state index contributed by atoms with van der Waals surface area (Å²) >= 11 is 0. The summed E-state index contributed by atoms with van der Waals surface area (Å²) in [5.41, 5.74) is 17.0. The SMILES string of the molecule is CC(C)(CO)CN(Cc1ccc(-n2nc(CN)[n+]3ccc4ncc(-c5ccccc5)cc4c23)cc1)C(=O)CN. The molecule has 9 nitrogen and oxygen atoms in total. The first-order chi connectivity index (χ1) is 18.8. The number of hydrogen-bond acceptors (Lipinski definition) is 6. The lowest BCUT2D eigenvalue weighted by atomic mass is 9.94. The van der Waals surface area contributed by atoms with E-state index in [1.807, 2.05) is 83.9 Å². The highest BCUT2D eigenvalue weighted by Gasteiger charge is 2.25. The van der Waals surface area contributed by atoms with Crippen molar-refractivity contribution in [1.29, 1.82) is 0 Å². The number of aliphatic hydroxyl groups is 1. The lowest BCUT2D eigenvalue weighted by Gasteiger charge is -2.31. The molecule has 9 heteroatoms. The number of nitrogens with two attached hydrogens (primary N) is 2. The van der Waals surface area contributed by atoms with Gasteiger partial charge in [-0.3, -0.25) is 9.78 Å². The minimum Gasteiger partial charge on any atom is -0.396 e. The molecule has 0 atom stereocenters. The number of nitrogens with zero attached hydrogens (tertiary/aromatic N) is 5. The van der Waals surface area contributed by atoms with Gasteiger partial charge in [0, 0.05) is 42.0 Å². The normalized spacial score (nSPS) is 11.8. The van der Waals surface area contributed by atoms with E-state index < -0.39 is 5.41 Å². The largest absolute Gasteiger partial charge is 0.396 e. The number of amides is 1. The van der Waals surface area contributed by atoms with Gasteiger partial charge < -0.3 is 21.5 Å². The summed E-state index contributed by atoms with van der Waals surface area (Å²) in [5, 5.41) is 15.5.